The van der Waals surface area contributed by atoms with Gasteiger partial charge in [-0.15, -0.1) is 0 Å². The molecular weight excluding hydrogens is 370 g/mol. The van der Waals surface area contributed by atoms with Gasteiger partial charge in [-0.2, -0.15) is 0 Å². The van der Waals surface area contributed by atoms with E-state index in [9.17, 15) is 9.59 Å². The molecule has 7 nitrogen and oxygen atoms in total. The van der Waals surface area contributed by atoms with Crippen molar-refractivity contribution in [2.45, 2.75) is 46.0 Å². The topological polar surface area (TPSA) is 80.8 Å². The number of Topliss-reactive ketones (excluding diaryl/α,β-unsaturated/α-hetero) is 1. The summed E-state index contributed by atoms with van der Waals surface area (Å²) in [6.07, 6.45) is 1.22. The van der Waals surface area contributed by atoms with Crippen LogP contribution in [0, 0.1) is 0 Å². The third-order valence-electron chi connectivity index (χ3n) is 4.68. The molecule has 0 radical (unpaired) electrons. The Labute approximate surface area is 171 Å². The van der Waals surface area contributed by atoms with Crippen LogP contribution in [-0.2, 0) is 9.53 Å². The summed E-state index contributed by atoms with van der Waals surface area (Å²) in [5.74, 6) is 0.990. The summed E-state index contributed by atoms with van der Waals surface area (Å²) in [6, 6.07) is 10.5. The summed E-state index contributed by atoms with van der Waals surface area (Å²) in [7, 11) is 0. The van der Waals surface area contributed by atoms with E-state index in [1.165, 1.54) is 6.92 Å². The Morgan fingerprint density at radius 3 is 2.55 bits per heavy atom. The van der Waals surface area contributed by atoms with E-state index >= 15 is 0 Å². The number of pyridine rings is 1. The van der Waals surface area contributed by atoms with E-state index in [4.69, 9.17) is 9.47 Å². The normalized spacial score (nSPS) is 20.1. The Balaban J connectivity index is 1.58. The van der Waals surface area contributed by atoms with E-state index < -0.39 is 6.10 Å². The van der Waals surface area contributed by atoms with E-state index in [1.54, 1.807) is 37.4 Å². The highest BCUT2D eigenvalue weighted by atomic mass is 16.5. The second kappa shape index (κ2) is 9.05. The number of aromatic nitrogens is 1. The van der Waals surface area contributed by atoms with E-state index in [2.05, 4.69) is 15.2 Å². The Morgan fingerprint density at radius 1 is 1.21 bits per heavy atom. The Kier molecular flexibility index (Phi) is 6.49. The number of benzene rings is 1. The highest BCUT2D eigenvalue weighted by molar-refractivity contribution is 5.95. The van der Waals surface area contributed by atoms with Crippen molar-refractivity contribution in [2.75, 3.05) is 23.3 Å². The second-order valence-electron chi connectivity index (χ2n) is 7.40. The molecule has 2 heterocycles. The molecule has 29 heavy (non-hydrogen) atoms. The number of morpholine rings is 1. The smallest absolute Gasteiger partial charge is 0.265 e. The lowest BCUT2D eigenvalue weighted by atomic mass is 10.1. The molecule has 0 bridgehead atoms. The quantitative estimate of drug-likeness (QED) is 0.754. The molecule has 7 heteroatoms. The van der Waals surface area contributed by atoms with Crippen molar-refractivity contribution in [3.8, 4) is 5.75 Å². The van der Waals surface area contributed by atoms with Gasteiger partial charge in [0.05, 0.1) is 24.1 Å². The van der Waals surface area contributed by atoms with Gasteiger partial charge in [-0.05, 0) is 52.0 Å². The molecule has 1 aromatic heterocycles. The third-order valence-corrected chi connectivity index (χ3v) is 4.68. The van der Waals surface area contributed by atoms with E-state index in [0.717, 1.165) is 18.9 Å². The molecule has 1 aliphatic rings. The summed E-state index contributed by atoms with van der Waals surface area (Å²) in [5.41, 5.74) is 1.14. The number of carbonyl (C=O) groups is 2. The number of ketones is 1. The van der Waals surface area contributed by atoms with Crippen LogP contribution in [0.15, 0.2) is 42.6 Å². The molecule has 154 valence electrons. The van der Waals surface area contributed by atoms with Crippen molar-refractivity contribution in [1.82, 2.24) is 4.98 Å². The van der Waals surface area contributed by atoms with Gasteiger partial charge in [0.2, 0.25) is 0 Å². The van der Waals surface area contributed by atoms with Gasteiger partial charge in [0, 0.05) is 18.7 Å². The molecule has 1 fully saturated rings. The minimum atomic E-state index is -0.724. The van der Waals surface area contributed by atoms with Crippen LogP contribution < -0.4 is 15.0 Å². The molecule has 0 saturated carbocycles. The minimum absolute atomic E-state index is 0.0530. The maximum Gasteiger partial charge on any atom is 0.265 e. The van der Waals surface area contributed by atoms with Crippen LogP contribution in [0.4, 0.5) is 11.5 Å². The fourth-order valence-electron chi connectivity index (χ4n) is 3.30. The second-order valence-corrected chi connectivity index (χ2v) is 7.40. The van der Waals surface area contributed by atoms with E-state index in [-0.39, 0.29) is 23.9 Å². The number of carbonyl (C=O) groups excluding carboxylic acids is 2. The molecule has 1 aromatic carbocycles. The molecular formula is C22H27N3O4. The number of amides is 1. The summed E-state index contributed by atoms with van der Waals surface area (Å²) in [4.78, 5) is 30.6. The van der Waals surface area contributed by atoms with Crippen molar-refractivity contribution in [1.29, 1.82) is 0 Å². The van der Waals surface area contributed by atoms with Crippen LogP contribution in [0.5, 0.6) is 5.75 Å². The molecule has 1 N–H and O–H groups in total. The van der Waals surface area contributed by atoms with E-state index in [1.807, 2.05) is 26.0 Å². The number of hydrogen-bond donors (Lipinski definition) is 1. The Bertz CT molecular complexity index is 859. The van der Waals surface area contributed by atoms with Crippen LogP contribution in [0.25, 0.3) is 0 Å². The monoisotopic (exact) mass is 397 g/mol. The first-order valence-corrected chi connectivity index (χ1v) is 9.77. The largest absolute Gasteiger partial charge is 0.481 e. The standard InChI is InChI=1S/C22H27N3O4/c1-14-12-25(13-15(2)28-14)21-9-8-19(11-23-21)24-22(27)17(4)29-20-7-5-6-18(10-20)16(3)26/h5-11,14-15,17H,12-13H2,1-4H3,(H,24,27). The first-order valence-electron chi connectivity index (χ1n) is 9.77. The lowest BCUT2D eigenvalue weighted by molar-refractivity contribution is -0.122. The van der Waals surface area contributed by atoms with Crippen LogP contribution >= 0.6 is 0 Å². The average molecular weight is 397 g/mol. The molecule has 0 spiro atoms. The number of rotatable bonds is 6. The lowest BCUT2D eigenvalue weighted by Crippen LogP contribution is -2.45. The predicted octanol–water partition coefficient (Wildman–Crippen LogP) is 3.30. The zero-order valence-corrected chi connectivity index (χ0v) is 17.2. The molecule has 3 rings (SSSR count). The minimum Gasteiger partial charge on any atom is -0.481 e. The molecule has 3 atom stereocenters. The predicted molar refractivity (Wildman–Crippen MR) is 112 cm³/mol. The number of ether oxygens (including phenoxy) is 2. The molecule has 1 amide bonds. The van der Waals surface area contributed by atoms with Crippen molar-refractivity contribution in [3.05, 3.63) is 48.2 Å². The molecule has 1 saturated heterocycles. The van der Waals surface area contributed by atoms with Crippen LogP contribution in [0.1, 0.15) is 38.1 Å². The third kappa shape index (κ3) is 5.54. The Hall–Kier alpha value is -2.93. The van der Waals surface area contributed by atoms with Crippen molar-refractivity contribution in [3.63, 3.8) is 0 Å². The highest BCUT2D eigenvalue weighted by Crippen LogP contribution is 2.20. The summed E-state index contributed by atoms with van der Waals surface area (Å²) in [5, 5.41) is 2.81. The SMILES string of the molecule is CC(=O)c1cccc(OC(C)C(=O)Nc2ccc(N3CC(C)OC(C)C3)nc2)c1. The summed E-state index contributed by atoms with van der Waals surface area (Å²) < 4.78 is 11.4. The van der Waals surface area contributed by atoms with Crippen molar-refractivity contribution < 1.29 is 19.1 Å². The van der Waals surface area contributed by atoms with Gasteiger partial charge in [0.15, 0.2) is 11.9 Å². The zero-order chi connectivity index (χ0) is 21.0. The van der Waals surface area contributed by atoms with Gasteiger partial charge < -0.3 is 19.7 Å². The number of anilines is 2. The molecule has 2 aromatic rings. The maximum absolute atomic E-state index is 12.5. The van der Waals surface area contributed by atoms with Gasteiger partial charge in [-0.25, -0.2) is 4.98 Å². The van der Waals surface area contributed by atoms with Crippen molar-refractivity contribution in [2.24, 2.45) is 0 Å². The fourth-order valence-corrected chi connectivity index (χ4v) is 3.30. The van der Waals surface area contributed by atoms with E-state index in [0.29, 0.717) is 17.0 Å². The van der Waals surface area contributed by atoms with Gasteiger partial charge in [-0.1, -0.05) is 12.1 Å². The lowest BCUT2D eigenvalue weighted by Gasteiger charge is -2.36. The number of nitrogens with one attached hydrogen (secondary N) is 1. The molecule has 1 aliphatic heterocycles. The van der Waals surface area contributed by atoms with Crippen molar-refractivity contribution >= 4 is 23.2 Å². The van der Waals surface area contributed by atoms with Gasteiger partial charge in [-0.3, -0.25) is 9.59 Å². The number of hydrogen-bond acceptors (Lipinski definition) is 6. The Morgan fingerprint density at radius 2 is 1.93 bits per heavy atom. The molecule has 3 unspecified atom stereocenters. The van der Waals surface area contributed by atoms with Gasteiger partial charge >= 0.3 is 0 Å². The van der Waals surface area contributed by atoms with Crippen LogP contribution in [0.3, 0.4) is 0 Å². The summed E-state index contributed by atoms with van der Waals surface area (Å²) in [6.45, 7) is 8.81. The zero-order valence-electron chi connectivity index (χ0n) is 17.2. The maximum atomic E-state index is 12.5. The van der Waals surface area contributed by atoms with Gasteiger partial charge in [0.25, 0.3) is 5.91 Å². The first-order chi connectivity index (χ1) is 13.8. The highest BCUT2D eigenvalue weighted by Gasteiger charge is 2.23. The number of nitrogens with zero attached hydrogens (tertiary/aromatic N) is 2. The average Bonchev–Trinajstić information content (AvgIpc) is 2.68. The van der Waals surface area contributed by atoms with Gasteiger partial charge in [0.1, 0.15) is 11.6 Å². The summed E-state index contributed by atoms with van der Waals surface area (Å²) >= 11 is 0. The van der Waals surface area contributed by atoms with Crippen LogP contribution in [-0.4, -0.2) is 48.1 Å². The molecule has 0 aliphatic carbocycles. The first kappa shape index (κ1) is 20.8. The fraction of sp³-hybridized carbons (Fsp3) is 0.409. The van der Waals surface area contributed by atoms with Crippen LogP contribution in [0.2, 0.25) is 0 Å².